The number of imide groups is 1. The lowest BCUT2D eigenvalue weighted by Gasteiger charge is -2.34. The van der Waals surface area contributed by atoms with Gasteiger partial charge in [0, 0.05) is 33.2 Å². The first-order valence-electron chi connectivity index (χ1n) is 10.9. The topological polar surface area (TPSA) is 97.4 Å². The minimum absolute atomic E-state index is 0.190. The average Bonchev–Trinajstić information content (AvgIpc) is 3.47. The fraction of sp³-hybridized carbons (Fsp3) is 0.500. The molecule has 4 heterocycles. The summed E-state index contributed by atoms with van der Waals surface area (Å²) >= 11 is 0. The van der Waals surface area contributed by atoms with Crippen molar-refractivity contribution in [2.24, 2.45) is 5.92 Å². The molecule has 3 aliphatic rings. The van der Waals surface area contributed by atoms with Crippen molar-refractivity contribution in [3.63, 3.8) is 0 Å². The Morgan fingerprint density at radius 1 is 1.06 bits per heavy atom. The van der Waals surface area contributed by atoms with Crippen molar-refractivity contribution in [3.05, 3.63) is 35.9 Å². The van der Waals surface area contributed by atoms with Crippen LogP contribution in [0.5, 0.6) is 0 Å². The molecule has 2 fully saturated rings. The van der Waals surface area contributed by atoms with E-state index in [4.69, 9.17) is 4.42 Å². The van der Waals surface area contributed by atoms with E-state index in [1.807, 2.05) is 11.5 Å². The number of amidine groups is 1. The minimum Gasteiger partial charge on any atom is -0.459 e. The van der Waals surface area contributed by atoms with E-state index in [1.54, 1.807) is 35.1 Å². The van der Waals surface area contributed by atoms with Crippen LogP contribution in [0.4, 0.5) is 4.79 Å². The van der Waals surface area contributed by atoms with E-state index in [2.05, 4.69) is 0 Å². The number of nitrogens with zero attached hydrogens (tertiary/aromatic N) is 5. The van der Waals surface area contributed by atoms with Crippen LogP contribution in [0.1, 0.15) is 30.3 Å². The van der Waals surface area contributed by atoms with Crippen molar-refractivity contribution in [2.75, 3.05) is 46.8 Å². The monoisotopic (exact) mass is 442 g/mol. The Labute approximate surface area is 186 Å². The first kappa shape index (κ1) is 21.8. The molecule has 0 spiro atoms. The van der Waals surface area contributed by atoms with Crippen LogP contribution in [0.25, 0.3) is 0 Å². The zero-order valence-corrected chi connectivity index (χ0v) is 18.6. The second-order valence-electron chi connectivity index (χ2n) is 8.19. The maximum Gasteiger partial charge on any atom is 0.417 e. The van der Waals surface area contributed by atoms with Crippen molar-refractivity contribution in [1.82, 2.24) is 19.6 Å². The Bertz CT molecular complexity index is 1000. The summed E-state index contributed by atoms with van der Waals surface area (Å²) in [6.07, 6.45) is 4.87. The number of amides is 5. The Kier molecular flexibility index (Phi) is 5.86. The van der Waals surface area contributed by atoms with Gasteiger partial charge in [0.2, 0.25) is 0 Å². The molecule has 0 radical (unpaired) electrons. The summed E-state index contributed by atoms with van der Waals surface area (Å²) in [6, 6.07) is 2.89. The molecular formula is C22H28N5O5+. The van der Waals surface area contributed by atoms with Gasteiger partial charge in [-0.3, -0.25) is 14.4 Å². The number of carbonyl (C=O) groups excluding carboxylic acids is 4. The van der Waals surface area contributed by atoms with Gasteiger partial charge in [-0.25, -0.2) is 14.3 Å². The zero-order valence-electron chi connectivity index (χ0n) is 18.6. The zero-order chi connectivity index (χ0) is 23.0. The number of hydrogen-bond donors (Lipinski definition) is 0. The van der Waals surface area contributed by atoms with E-state index < -0.39 is 11.9 Å². The van der Waals surface area contributed by atoms with E-state index in [-0.39, 0.29) is 23.5 Å². The molecule has 1 aromatic heterocycles. The van der Waals surface area contributed by atoms with Gasteiger partial charge < -0.3 is 14.2 Å². The molecule has 5 amide bonds. The molecule has 170 valence electrons. The number of rotatable bonds is 5. The highest BCUT2D eigenvalue weighted by molar-refractivity contribution is 6.19. The van der Waals surface area contributed by atoms with Crippen LogP contribution in [-0.4, -0.2) is 101 Å². The maximum absolute atomic E-state index is 13.5. The summed E-state index contributed by atoms with van der Waals surface area (Å²) in [4.78, 5) is 57.1. The summed E-state index contributed by atoms with van der Waals surface area (Å²) in [5.74, 6) is -0.542. The highest BCUT2D eigenvalue weighted by Gasteiger charge is 2.52. The highest BCUT2D eigenvalue weighted by atomic mass is 16.3. The summed E-state index contributed by atoms with van der Waals surface area (Å²) in [6.45, 7) is 4.15. The molecular weight excluding hydrogens is 414 g/mol. The van der Waals surface area contributed by atoms with Crippen LogP contribution in [0, 0.1) is 5.92 Å². The standard InChI is InChI=1S/C22H28N5O5/c1-4-5-8-27-16(14-15-18(27)23(2)22(31)24(3)19(15)28)20(29)25-9-11-26(12-10-25)21(30)17-7-6-13-32-17/h6-7,13-15H,4-5,8-12H2,1-3H3/q+1. The molecule has 0 saturated carbocycles. The Hall–Kier alpha value is -3.43. The minimum atomic E-state index is -0.652. The van der Waals surface area contributed by atoms with Crippen LogP contribution >= 0.6 is 0 Å². The van der Waals surface area contributed by atoms with Gasteiger partial charge in [0.25, 0.3) is 23.6 Å². The molecule has 32 heavy (non-hydrogen) atoms. The largest absolute Gasteiger partial charge is 0.459 e. The summed E-state index contributed by atoms with van der Waals surface area (Å²) in [7, 11) is 3.09. The third kappa shape index (κ3) is 3.59. The van der Waals surface area contributed by atoms with Crippen molar-refractivity contribution in [1.29, 1.82) is 0 Å². The molecule has 0 bridgehead atoms. The molecule has 4 rings (SSSR count). The molecule has 1 atom stereocenters. The van der Waals surface area contributed by atoms with Gasteiger partial charge in [-0.2, -0.15) is 4.90 Å². The van der Waals surface area contributed by atoms with E-state index in [9.17, 15) is 19.2 Å². The average molecular weight is 442 g/mol. The molecule has 10 nitrogen and oxygen atoms in total. The summed E-state index contributed by atoms with van der Waals surface area (Å²) < 4.78 is 7.01. The number of unbranched alkanes of at least 4 members (excludes halogenated alkanes) is 1. The predicted octanol–water partition coefficient (Wildman–Crippen LogP) is 0.813. The molecule has 0 aromatic carbocycles. The van der Waals surface area contributed by atoms with Gasteiger partial charge in [0.1, 0.15) is 0 Å². The Balaban J connectivity index is 1.54. The summed E-state index contributed by atoms with van der Waals surface area (Å²) in [5, 5.41) is 0. The molecule has 0 N–H and O–H groups in total. The third-order valence-electron chi connectivity index (χ3n) is 6.22. The number of furan rings is 1. The fourth-order valence-corrected chi connectivity index (χ4v) is 4.38. The lowest BCUT2D eigenvalue weighted by atomic mass is 10.0. The summed E-state index contributed by atoms with van der Waals surface area (Å²) in [5.41, 5.74) is 0.424. The van der Waals surface area contributed by atoms with Crippen molar-refractivity contribution >= 4 is 29.6 Å². The third-order valence-corrected chi connectivity index (χ3v) is 6.22. The SMILES string of the molecule is CCCC[N+]1=C2C(C=C1C(=O)N1CCN(C(=O)c3ccco3)CC1)C(=O)N(C)C(=O)N2C. The molecule has 0 aliphatic carbocycles. The molecule has 3 aliphatic heterocycles. The van der Waals surface area contributed by atoms with Crippen molar-refractivity contribution in [3.8, 4) is 0 Å². The number of urea groups is 1. The lowest BCUT2D eigenvalue weighted by Crippen LogP contribution is -2.57. The van der Waals surface area contributed by atoms with Crippen molar-refractivity contribution < 1.29 is 28.2 Å². The molecule has 10 heteroatoms. The van der Waals surface area contributed by atoms with Crippen LogP contribution in [0.3, 0.4) is 0 Å². The van der Waals surface area contributed by atoms with Gasteiger partial charge in [0.05, 0.1) is 19.9 Å². The maximum atomic E-state index is 13.5. The van der Waals surface area contributed by atoms with Crippen LogP contribution in [0.15, 0.2) is 34.6 Å². The van der Waals surface area contributed by atoms with Gasteiger partial charge in [-0.1, -0.05) is 13.3 Å². The van der Waals surface area contributed by atoms with E-state index in [0.29, 0.717) is 44.3 Å². The van der Waals surface area contributed by atoms with Gasteiger partial charge in [-0.05, 0) is 24.6 Å². The van der Waals surface area contributed by atoms with Gasteiger partial charge in [-0.15, -0.1) is 0 Å². The highest BCUT2D eigenvalue weighted by Crippen LogP contribution is 2.27. The number of piperazine rings is 1. The first-order chi connectivity index (χ1) is 15.3. The van der Waals surface area contributed by atoms with E-state index in [1.165, 1.54) is 18.2 Å². The Morgan fingerprint density at radius 3 is 2.31 bits per heavy atom. The first-order valence-corrected chi connectivity index (χ1v) is 10.9. The molecule has 1 unspecified atom stereocenters. The lowest BCUT2D eigenvalue weighted by molar-refractivity contribution is -0.475. The second kappa shape index (κ2) is 8.60. The van der Waals surface area contributed by atoms with E-state index >= 15 is 0 Å². The normalized spacial score (nSPS) is 21.3. The predicted molar refractivity (Wildman–Crippen MR) is 114 cm³/mol. The van der Waals surface area contributed by atoms with Crippen LogP contribution in [0.2, 0.25) is 0 Å². The Morgan fingerprint density at radius 2 is 1.72 bits per heavy atom. The quantitative estimate of drug-likeness (QED) is 0.629. The van der Waals surface area contributed by atoms with E-state index in [0.717, 1.165) is 17.7 Å². The smallest absolute Gasteiger partial charge is 0.417 e. The molecule has 2 saturated heterocycles. The van der Waals surface area contributed by atoms with Crippen LogP contribution in [-0.2, 0) is 9.59 Å². The second-order valence-corrected chi connectivity index (χ2v) is 8.19. The van der Waals surface area contributed by atoms with Gasteiger partial charge >= 0.3 is 6.03 Å². The van der Waals surface area contributed by atoms with Crippen molar-refractivity contribution in [2.45, 2.75) is 19.8 Å². The number of carbonyl (C=O) groups is 4. The molecule has 1 aromatic rings. The number of hydrogen-bond acceptors (Lipinski definition) is 5. The number of fused-ring (bicyclic) bond motifs is 1. The van der Waals surface area contributed by atoms with Crippen LogP contribution < -0.4 is 0 Å². The van der Waals surface area contributed by atoms with Gasteiger partial charge in [0.15, 0.2) is 17.4 Å². The fourth-order valence-electron chi connectivity index (χ4n) is 4.38.